The monoisotopic (exact) mass is 376 g/mol. The first-order valence-electron chi connectivity index (χ1n) is 9.21. The summed E-state index contributed by atoms with van der Waals surface area (Å²) in [6.07, 6.45) is 1.64. The van der Waals surface area contributed by atoms with Crippen LogP contribution in [0.3, 0.4) is 0 Å². The first-order chi connectivity index (χ1) is 12.4. The Morgan fingerprint density at radius 1 is 1.27 bits per heavy atom. The Morgan fingerprint density at radius 2 is 1.88 bits per heavy atom. The molecule has 5 nitrogen and oxygen atoms in total. The number of amides is 1. The highest BCUT2D eigenvalue weighted by Crippen LogP contribution is 2.65. The number of piperidine rings is 1. The summed E-state index contributed by atoms with van der Waals surface area (Å²) in [6.45, 7) is 4.92. The summed E-state index contributed by atoms with van der Waals surface area (Å²) in [4.78, 5) is 30.1. The lowest BCUT2D eigenvalue weighted by molar-refractivity contribution is -0.154. The molecule has 4 rings (SSSR count). The number of esters is 1. The van der Waals surface area contributed by atoms with Gasteiger partial charge < -0.3 is 9.64 Å². The second-order valence-corrected chi connectivity index (χ2v) is 8.65. The molecule has 0 aromatic heterocycles. The topological polar surface area (TPSA) is 58.6 Å². The molecule has 0 radical (unpaired) electrons. The van der Waals surface area contributed by atoms with Gasteiger partial charge >= 0.3 is 5.97 Å². The fraction of sp³-hybridized carbons (Fsp3) is 0.600. The second-order valence-electron chi connectivity index (χ2n) is 8.44. The standard InChI is InChI=1S/C20H25ClN2O3/c1-20(2)14-10-23(17(15(14)20)19(25)26-3)18(24)16(22-21)13-8-11-6-4-5-7-12(11)9-13/h4-7,13-17,22H,8-10H2,1-3H3/t14-,15-,16-,17-/m0/s1. The number of hydrogen-bond acceptors (Lipinski definition) is 4. The van der Waals surface area contributed by atoms with E-state index in [2.05, 4.69) is 30.8 Å². The number of fused-ring (bicyclic) bond motifs is 2. The number of carbonyl (C=O) groups excluding carboxylic acids is 2. The summed E-state index contributed by atoms with van der Waals surface area (Å²) in [5.41, 5.74) is 2.64. The number of rotatable bonds is 4. The molecular weight excluding hydrogens is 352 g/mol. The summed E-state index contributed by atoms with van der Waals surface area (Å²) in [7, 11) is 1.39. The van der Waals surface area contributed by atoms with Gasteiger partial charge in [-0.05, 0) is 53.0 Å². The van der Waals surface area contributed by atoms with E-state index < -0.39 is 12.1 Å². The van der Waals surface area contributed by atoms with Crippen molar-refractivity contribution in [1.82, 2.24) is 9.74 Å². The zero-order valence-corrected chi connectivity index (χ0v) is 16.1. The molecule has 3 aliphatic rings. The number of carbonyl (C=O) groups is 2. The third-order valence-corrected chi connectivity index (χ3v) is 7.11. The number of hydrogen-bond donors (Lipinski definition) is 1. The molecule has 6 heteroatoms. The maximum Gasteiger partial charge on any atom is 0.328 e. The lowest BCUT2D eigenvalue weighted by Gasteiger charge is -2.33. The molecule has 1 N–H and O–H groups in total. The highest BCUT2D eigenvalue weighted by molar-refractivity contribution is 6.15. The Labute approximate surface area is 159 Å². The number of ether oxygens (including phenoxy) is 1. The fourth-order valence-electron chi connectivity index (χ4n) is 5.25. The molecule has 4 atom stereocenters. The van der Waals surface area contributed by atoms with Crippen molar-refractivity contribution in [3.8, 4) is 0 Å². The van der Waals surface area contributed by atoms with Crippen LogP contribution in [-0.2, 0) is 27.2 Å². The Balaban J connectivity index is 1.54. The van der Waals surface area contributed by atoms with Gasteiger partial charge in [-0.3, -0.25) is 4.79 Å². The highest BCUT2D eigenvalue weighted by atomic mass is 35.5. The van der Waals surface area contributed by atoms with E-state index in [9.17, 15) is 9.59 Å². The lowest BCUT2D eigenvalue weighted by Crippen LogP contribution is -2.54. The Bertz CT molecular complexity index is 725. The SMILES string of the molecule is COC(=O)[C@@H]1[C@@H]2[C@H](CN1C(=O)[C@@H](NCl)C1Cc3ccccc3C1)C2(C)C. The van der Waals surface area contributed by atoms with Crippen molar-refractivity contribution in [2.75, 3.05) is 13.7 Å². The molecule has 2 aliphatic carbocycles. The molecule has 2 fully saturated rings. The van der Waals surface area contributed by atoms with Crippen LogP contribution in [-0.4, -0.2) is 42.5 Å². The molecule has 0 bridgehead atoms. The average molecular weight is 377 g/mol. The van der Waals surface area contributed by atoms with Crippen LogP contribution in [0.15, 0.2) is 24.3 Å². The van der Waals surface area contributed by atoms with Crippen molar-refractivity contribution in [1.29, 1.82) is 0 Å². The van der Waals surface area contributed by atoms with Crippen LogP contribution in [0.1, 0.15) is 25.0 Å². The van der Waals surface area contributed by atoms with Crippen LogP contribution in [0, 0.1) is 23.2 Å². The van der Waals surface area contributed by atoms with E-state index in [1.54, 1.807) is 4.90 Å². The van der Waals surface area contributed by atoms with Crippen molar-refractivity contribution in [3.05, 3.63) is 35.4 Å². The molecule has 26 heavy (non-hydrogen) atoms. The van der Waals surface area contributed by atoms with Crippen LogP contribution in [0.2, 0.25) is 0 Å². The van der Waals surface area contributed by atoms with E-state index >= 15 is 0 Å². The molecule has 1 saturated carbocycles. The van der Waals surface area contributed by atoms with Gasteiger partial charge in [0.25, 0.3) is 0 Å². The van der Waals surface area contributed by atoms with Crippen LogP contribution in [0.25, 0.3) is 0 Å². The summed E-state index contributed by atoms with van der Waals surface area (Å²) in [5, 5.41) is 0. The Hall–Kier alpha value is -1.59. The zero-order chi connectivity index (χ0) is 18.6. The van der Waals surface area contributed by atoms with Crippen molar-refractivity contribution >= 4 is 23.7 Å². The van der Waals surface area contributed by atoms with Gasteiger partial charge in [0.2, 0.25) is 5.91 Å². The predicted octanol–water partition coefficient (Wildman–Crippen LogP) is 2.17. The van der Waals surface area contributed by atoms with E-state index in [4.69, 9.17) is 16.5 Å². The van der Waals surface area contributed by atoms with Crippen LogP contribution in [0.5, 0.6) is 0 Å². The van der Waals surface area contributed by atoms with Gasteiger partial charge in [-0.1, -0.05) is 38.1 Å². The predicted molar refractivity (Wildman–Crippen MR) is 98.4 cm³/mol. The second kappa shape index (κ2) is 6.24. The Kier molecular flexibility index (Phi) is 4.27. The molecule has 140 valence electrons. The Morgan fingerprint density at radius 3 is 2.42 bits per heavy atom. The van der Waals surface area contributed by atoms with Gasteiger partial charge in [-0.2, -0.15) is 0 Å². The molecule has 1 aromatic rings. The minimum absolute atomic E-state index is 0.0864. The third kappa shape index (κ3) is 2.55. The molecule has 0 spiro atoms. The average Bonchev–Trinajstić information content (AvgIpc) is 3.04. The van der Waals surface area contributed by atoms with Gasteiger partial charge in [-0.25, -0.2) is 9.63 Å². The maximum absolute atomic E-state index is 13.3. The number of nitrogens with zero attached hydrogens (tertiary/aromatic N) is 1. The van der Waals surface area contributed by atoms with Gasteiger partial charge in [-0.15, -0.1) is 0 Å². The lowest BCUT2D eigenvalue weighted by atomic mass is 9.94. The largest absolute Gasteiger partial charge is 0.467 e. The third-order valence-electron chi connectivity index (χ3n) is 6.87. The van der Waals surface area contributed by atoms with Gasteiger partial charge in [0.1, 0.15) is 12.1 Å². The summed E-state index contributed by atoms with van der Waals surface area (Å²) < 4.78 is 5.01. The quantitative estimate of drug-likeness (QED) is 0.646. The summed E-state index contributed by atoms with van der Waals surface area (Å²) in [5.74, 6) is 0.222. The minimum atomic E-state index is -0.503. The number of likely N-dealkylation sites (tertiary alicyclic amines) is 1. The molecule has 0 unspecified atom stereocenters. The van der Waals surface area contributed by atoms with E-state index in [-0.39, 0.29) is 29.1 Å². The first-order valence-corrected chi connectivity index (χ1v) is 9.59. The molecular formula is C20H25ClN2O3. The van der Waals surface area contributed by atoms with Crippen LogP contribution in [0.4, 0.5) is 0 Å². The van der Waals surface area contributed by atoms with E-state index in [0.717, 1.165) is 12.8 Å². The molecule has 1 saturated heterocycles. The minimum Gasteiger partial charge on any atom is -0.467 e. The zero-order valence-electron chi connectivity index (χ0n) is 15.4. The van der Waals surface area contributed by atoms with Crippen LogP contribution >= 0.6 is 11.8 Å². The van der Waals surface area contributed by atoms with E-state index in [0.29, 0.717) is 12.5 Å². The number of halogens is 1. The summed E-state index contributed by atoms with van der Waals surface area (Å²) >= 11 is 6.01. The molecule has 1 aliphatic heterocycles. The van der Waals surface area contributed by atoms with Crippen LogP contribution < -0.4 is 4.84 Å². The molecule has 1 amide bonds. The molecule has 1 aromatic carbocycles. The normalized spacial score (nSPS) is 29.8. The van der Waals surface area contributed by atoms with Crippen molar-refractivity contribution in [3.63, 3.8) is 0 Å². The van der Waals surface area contributed by atoms with Crippen molar-refractivity contribution < 1.29 is 14.3 Å². The van der Waals surface area contributed by atoms with Gasteiger partial charge in [0.05, 0.1) is 7.11 Å². The fourth-order valence-corrected chi connectivity index (χ4v) is 5.52. The first kappa shape index (κ1) is 17.8. The van der Waals surface area contributed by atoms with Crippen molar-refractivity contribution in [2.24, 2.45) is 23.2 Å². The number of nitrogens with one attached hydrogen (secondary N) is 1. The van der Waals surface area contributed by atoms with Crippen molar-refractivity contribution in [2.45, 2.75) is 38.8 Å². The van der Waals surface area contributed by atoms with E-state index in [1.807, 2.05) is 12.1 Å². The highest BCUT2D eigenvalue weighted by Gasteiger charge is 2.70. The number of methoxy groups -OCH3 is 1. The molecule has 1 heterocycles. The maximum atomic E-state index is 13.3. The van der Waals surface area contributed by atoms with E-state index in [1.165, 1.54) is 18.2 Å². The van der Waals surface area contributed by atoms with Gasteiger partial charge in [0, 0.05) is 12.5 Å². The van der Waals surface area contributed by atoms with Gasteiger partial charge in [0.15, 0.2) is 0 Å². The summed E-state index contributed by atoms with van der Waals surface area (Å²) in [6, 6.07) is 7.26. The smallest absolute Gasteiger partial charge is 0.328 e. The number of benzene rings is 1.